The van der Waals surface area contributed by atoms with Crippen molar-refractivity contribution >= 4 is 11.7 Å². The fraction of sp³-hybridized carbons (Fsp3) is 0.346. The number of anilines is 1. The number of methoxy groups -OCH3 is 1. The van der Waals surface area contributed by atoms with Gasteiger partial charge in [-0.05, 0) is 37.1 Å². The Hall–Kier alpha value is -3.41. The smallest absolute Gasteiger partial charge is 0.254 e. The van der Waals surface area contributed by atoms with Crippen molar-refractivity contribution < 1.29 is 9.53 Å². The van der Waals surface area contributed by atoms with Crippen molar-refractivity contribution in [2.75, 3.05) is 38.2 Å². The molecule has 4 rings (SSSR count). The molecule has 6 heteroatoms. The maximum atomic E-state index is 13.0. The molecule has 3 aromatic rings. The van der Waals surface area contributed by atoms with Gasteiger partial charge in [0.1, 0.15) is 17.4 Å². The first-order valence-electron chi connectivity index (χ1n) is 11.2. The summed E-state index contributed by atoms with van der Waals surface area (Å²) in [5.41, 5.74) is 4.21. The highest BCUT2D eigenvalue weighted by Crippen LogP contribution is 2.26. The molecule has 2 aromatic carbocycles. The van der Waals surface area contributed by atoms with Crippen LogP contribution in [0.15, 0.2) is 54.6 Å². The number of piperazine rings is 1. The summed E-state index contributed by atoms with van der Waals surface area (Å²) in [6.07, 6.45) is 1.68. The monoisotopic (exact) mass is 430 g/mol. The Kier molecular flexibility index (Phi) is 6.69. The van der Waals surface area contributed by atoms with Crippen LogP contribution in [0.3, 0.4) is 0 Å². The van der Waals surface area contributed by atoms with Gasteiger partial charge in [-0.2, -0.15) is 0 Å². The maximum Gasteiger partial charge on any atom is 0.254 e. The van der Waals surface area contributed by atoms with E-state index in [2.05, 4.69) is 36.1 Å². The Morgan fingerprint density at radius 2 is 1.75 bits per heavy atom. The second-order valence-electron chi connectivity index (χ2n) is 8.05. The van der Waals surface area contributed by atoms with Crippen LogP contribution in [0.4, 0.5) is 5.82 Å². The van der Waals surface area contributed by atoms with Crippen molar-refractivity contribution in [1.82, 2.24) is 14.9 Å². The Balaban J connectivity index is 1.54. The van der Waals surface area contributed by atoms with Gasteiger partial charge >= 0.3 is 0 Å². The lowest BCUT2D eigenvalue weighted by molar-refractivity contribution is 0.0746. The van der Waals surface area contributed by atoms with Crippen molar-refractivity contribution in [2.24, 2.45) is 0 Å². The lowest BCUT2D eigenvalue weighted by Gasteiger charge is -2.36. The Bertz CT molecular complexity index is 1080. The number of benzene rings is 2. The number of carbonyl (C=O) groups is 1. The van der Waals surface area contributed by atoms with Crippen LogP contribution in [-0.4, -0.2) is 54.1 Å². The van der Waals surface area contributed by atoms with E-state index in [0.29, 0.717) is 24.4 Å². The standard InChI is InChI=1S/C26H30N4O2/c1-4-24-23(17-20-9-6-5-7-10-20)25(28-19(2)27-24)29-13-15-30(16-14-29)26(31)21-11-8-12-22(18-21)32-3/h5-12,18H,4,13-17H2,1-3H3. The molecular weight excluding hydrogens is 400 g/mol. The molecule has 166 valence electrons. The summed E-state index contributed by atoms with van der Waals surface area (Å²) in [6.45, 7) is 6.91. The van der Waals surface area contributed by atoms with E-state index in [-0.39, 0.29) is 5.91 Å². The second-order valence-corrected chi connectivity index (χ2v) is 8.05. The third kappa shape index (κ3) is 4.74. The van der Waals surface area contributed by atoms with E-state index in [4.69, 9.17) is 14.7 Å². The molecule has 1 saturated heterocycles. The zero-order valence-electron chi connectivity index (χ0n) is 19.0. The van der Waals surface area contributed by atoms with Gasteiger partial charge in [0.15, 0.2) is 0 Å². The fourth-order valence-electron chi connectivity index (χ4n) is 4.23. The second kappa shape index (κ2) is 9.81. The van der Waals surface area contributed by atoms with Gasteiger partial charge in [0, 0.05) is 49.4 Å². The third-order valence-electron chi connectivity index (χ3n) is 5.92. The minimum Gasteiger partial charge on any atom is -0.497 e. The van der Waals surface area contributed by atoms with Crippen LogP contribution in [0.2, 0.25) is 0 Å². The van der Waals surface area contributed by atoms with Gasteiger partial charge in [-0.25, -0.2) is 9.97 Å². The number of rotatable bonds is 6. The molecule has 0 bridgehead atoms. The summed E-state index contributed by atoms with van der Waals surface area (Å²) in [6, 6.07) is 17.8. The molecule has 1 fully saturated rings. The number of amides is 1. The highest BCUT2D eigenvalue weighted by Gasteiger charge is 2.26. The van der Waals surface area contributed by atoms with Crippen LogP contribution in [0.1, 0.15) is 39.9 Å². The van der Waals surface area contributed by atoms with E-state index < -0.39 is 0 Å². The maximum absolute atomic E-state index is 13.0. The Morgan fingerprint density at radius 1 is 1.00 bits per heavy atom. The minimum atomic E-state index is 0.0428. The lowest BCUT2D eigenvalue weighted by Crippen LogP contribution is -2.49. The van der Waals surface area contributed by atoms with Crippen molar-refractivity contribution in [3.8, 4) is 5.75 Å². The number of carbonyl (C=O) groups excluding carboxylic acids is 1. The number of hydrogen-bond acceptors (Lipinski definition) is 5. The van der Waals surface area contributed by atoms with E-state index >= 15 is 0 Å². The van der Waals surface area contributed by atoms with Gasteiger partial charge in [-0.1, -0.05) is 43.3 Å². The first-order valence-corrected chi connectivity index (χ1v) is 11.2. The van der Waals surface area contributed by atoms with Gasteiger partial charge in [0.25, 0.3) is 5.91 Å². The number of aryl methyl sites for hydroxylation is 2. The molecule has 1 amide bonds. The number of ether oxygens (including phenoxy) is 1. The molecule has 0 aliphatic carbocycles. The molecule has 0 spiro atoms. The molecule has 32 heavy (non-hydrogen) atoms. The number of nitrogens with zero attached hydrogens (tertiary/aromatic N) is 4. The molecule has 0 atom stereocenters. The Labute approximate surface area is 189 Å². The molecule has 0 saturated carbocycles. The van der Waals surface area contributed by atoms with Crippen LogP contribution in [0.5, 0.6) is 5.75 Å². The summed E-state index contributed by atoms with van der Waals surface area (Å²) in [4.78, 5) is 26.8. The van der Waals surface area contributed by atoms with Crippen LogP contribution in [0.25, 0.3) is 0 Å². The molecule has 0 N–H and O–H groups in total. The van der Waals surface area contributed by atoms with Crippen molar-refractivity contribution in [1.29, 1.82) is 0 Å². The molecule has 0 unspecified atom stereocenters. The molecule has 2 heterocycles. The van der Waals surface area contributed by atoms with E-state index in [9.17, 15) is 4.79 Å². The summed E-state index contributed by atoms with van der Waals surface area (Å²) in [7, 11) is 1.61. The molecule has 6 nitrogen and oxygen atoms in total. The summed E-state index contributed by atoms with van der Waals surface area (Å²) < 4.78 is 5.27. The topological polar surface area (TPSA) is 58.6 Å². The molecule has 1 aromatic heterocycles. The molecular formula is C26H30N4O2. The number of hydrogen-bond donors (Lipinski definition) is 0. The number of aromatic nitrogens is 2. The van der Waals surface area contributed by atoms with Gasteiger partial charge in [0.2, 0.25) is 0 Å². The SMILES string of the molecule is CCc1nc(C)nc(N2CCN(C(=O)c3cccc(OC)c3)CC2)c1Cc1ccccc1. The van der Waals surface area contributed by atoms with Crippen LogP contribution >= 0.6 is 0 Å². The molecule has 0 radical (unpaired) electrons. The van der Waals surface area contributed by atoms with E-state index in [0.717, 1.165) is 43.3 Å². The zero-order valence-corrected chi connectivity index (χ0v) is 19.0. The van der Waals surface area contributed by atoms with Gasteiger partial charge in [-0.3, -0.25) is 4.79 Å². The van der Waals surface area contributed by atoms with Crippen molar-refractivity contribution in [3.05, 3.63) is 82.8 Å². The van der Waals surface area contributed by atoms with Crippen molar-refractivity contribution in [2.45, 2.75) is 26.7 Å². The quantitative estimate of drug-likeness (QED) is 0.593. The summed E-state index contributed by atoms with van der Waals surface area (Å²) >= 11 is 0. The highest BCUT2D eigenvalue weighted by atomic mass is 16.5. The first-order chi connectivity index (χ1) is 15.6. The highest BCUT2D eigenvalue weighted by molar-refractivity contribution is 5.94. The average molecular weight is 431 g/mol. The van der Waals surface area contributed by atoms with Gasteiger partial charge in [-0.15, -0.1) is 0 Å². The minimum absolute atomic E-state index is 0.0428. The lowest BCUT2D eigenvalue weighted by atomic mass is 10.0. The third-order valence-corrected chi connectivity index (χ3v) is 5.92. The summed E-state index contributed by atoms with van der Waals surface area (Å²) in [5.74, 6) is 2.54. The fourth-order valence-corrected chi connectivity index (χ4v) is 4.23. The first kappa shape index (κ1) is 21.8. The van der Waals surface area contributed by atoms with Crippen LogP contribution in [-0.2, 0) is 12.8 Å². The molecule has 1 aliphatic heterocycles. The molecule has 1 aliphatic rings. The predicted octanol–water partition coefficient (Wildman–Crippen LogP) is 3.91. The van der Waals surface area contributed by atoms with E-state index in [1.54, 1.807) is 13.2 Å². The van der Waals surface area contributed by atoms with Crippen molar-refractivity contribution in [3.63, 3.8) is 0 Å². The summed E-state index contributed by atoms with van der Waals surface area (Å²) in [5, 5.41) is 0. The predicted molar refractivity (Wildman–Crippen MR) is 127 cm³/mol. The van der Waals surface area contributed by atoms with Gasteiger partial charge < -0.3 is 14.5 Å². The zero-order chi connectivity index (χ0) is 22.5. The largest absolute Gasteiger partial charge is 0.497 e. The van der Waals surface area contributed by atoms with E-state index in [1.807, 2.05) is 36.1 Å². The van der Waals surface area contributed by atoms with Crippen LogP contribution < -0.4 is 9.64 Å². The van der Waals surface area contributed by atoms with Crippen LogP contribution in [0, 0.1) is 6.92 Å². The van der Waals surface area contributed by atoms with Gasteiger partial charge in [0.05, 0.1) is 7.11 Å². The average Bonchev–Trinajstić information content (AvgIpc) is 2.85. The Morgan fingerprint density at radius 3 is 2.44 bits per heavy atom. The normalized spacial score (nSPS) is 13.8. The van der Waals surface area contributed by atoms with E-state index in [1.165, 1.54) is 11.1 Å².